The van der Waals surface area contributed by atoms with E-state index in [1.165, 1.54) is 0 Å². The molecule has 2 aromatic carbocycles. The minimum absolute atomic E-state index is 0.268. The molecular formula is C22H24O2. The summed E-state index contributed by atoms with van der Waals surface area (Å²) in [6, 6.07) is 13.5. The maximum atomic E-state index is 12.8. The number of phenolic OH excluding ortho intramolecular Hbond substituents is 1. The fourth-order valence-corrected chi connectivity index (χ4v) is 3.78. The first-order valence-electron chi connectivity index (χ1n) is 8.31. The molecule has 0 saturated carbocycles. The number of carbonyl (C=O) groups excluding carboxylic acids is 1. The highest BCUT2D eigenvalue weighted by Crippen LogP contribution is 2.47. The van der Waals surface area contributed by atoms with Crippen molar-refractivity contribution in [2.75, 3.05) is 0 Å². The molecule has 24 heavy (non-hydrogen) atoms. The van der Waals surface area contributed by atoms with Gasteiger partial charge in [0.05, 0.1) is 0 Å². The molecule has 0 fully saturated rings. The molecular weight excluding hydrogens is 296 g/mol. The molecule has 0 aliphatic heterocycles. The Hall–Kier alpha value is -2.35. The van der Waals surface area contributed by atoms with Crippen LogP contribution in [0.2, 0.25) is 0 Å². The van der Waals surface area contributed by atoms with Gasteiger partial charge < -0.3 is 5.11 Å². The van der Waals surface area contributed by atoms with Crippen LogP contribution in [0.5, 0.6) is 5.75 Å². The summed E-state index contributed by atoms with van der Waals surface area (Å²) in [6.45, 7) is 10.1. The Morgan fingerprint density at radius 2 is 1.50 bits per heavy atom. The smallest absolute Gasteiger partial charge is 0.152 e. The second-order valence-corrected chi connectivity index (χ2v) is 7.76. The van der Waals surface area contributed by atoms with Gasteiger partial charge in [-0.2, -0.15) is 0 Å². The van der Waals surface area contributed by atoms with Crippen LogP contribution < -0.4 is 0 Å². The topological polar surface area (TPSA) is 37.3 Å². The molecule has 0 amide bonds. The fraction of sp³-hybridized carbons (Fsp3) is 0.318. The van der Waals surface area contributed by atoms with Crippen molar-refractivity contribution in [2.45, 2.75) is 45.4 Å². The van der Waals surface area contributed by atoms with Crippen molar-refractivity contribution >= 4 is 17.4 Å². The third kappa shape index (κ3) is 2.47. The number of hydrogen-bond acceptors (Lipinski definition) is 2. The van der Waals surface area contributed by atoms with Crippen molar-refractivity contribution in [3.63, 3.8) is 0 Å². The van der Waals surface area contributed by atoms with E-state index in [0.29, 0.717) is 0 Å². The number of allylic oxidation sites excluding steroid dienone is 1. The van der Waals surface area contributed by atoms with Gasteiger partial charge >= 0.3 is 0 Å². The van der Waals surface area contributed by atoms with Gasteiger partial charge in [-0.1, -0.05) is 36.4 Å². The molecule has 2 aromatic rings. The van der Waals surface area contributed by atoms with Gasteiger partial charge in [-0.05, 0) is 74.6 Å². The third-order valence-corrected chi connectivity index (χ3v) is 5.23. The summed E-state index contributed by atoms with van der Waals surface area (Å²) < 4.78 is 0. The molecule has 0 bridgehead atoms. The van der Waals surface area contributed by atoms with Crippen molar-refractivity contribution in [3.05, 3.63) is 64.7 Å². The van der Waals surface area contributed by atoms with Crippen LogP contribution in [0.25, 0.3) is 11.6 Å². The van der Waals surface area contributed by atoms with Crippen molar-refractivity contribution in [2.24, 2.45) is 0 Å². The summed E-state index contributed by atoms with van der Waals surface area (Å²) in [5, 5.41) is 9.39. The Labute approximate surface area is 143 Å². The zero-order valence-electron chi connectivity index (χ0n) is 15.0. The second-order valence-electron chi connectivity index (χ2n) is 7.76. The van der Waals surface area contributed by atoms with E-state index in [1.807, 2.05) is 39.8 Å². The van der Waals surface area contributed by atoms with Gasteiger partial charge in [0.25, 0.3) is 0 Å². The van der Waals surface area contributed by atoms with Crippen LogP contribution in [0.15, 0.2) is 42.5 Å². The van der Waals surface area contributed by atoms with Gasteiger partial charge in [0.2, 0.25) is 0 Å². The van der Waals surface area contributed by atoms with E-state index in [2.05, 4.69) is 31.2 Å². The van der Waals surface area contributed by atoms with Crippen LogP contribution in [0.4, 0.5) is 0 Å². The van der Waals surface area contributed by atoms with Gasteiger partial charge in [-0.25, -0.2) is 0 Å². The Balaban J connectivity index is 2.05. The maximum absolute atomic E-state index is 12.8. The van der Waals surface area contributed by atoms with Gasteiger partial charge in [-0.3, -0.25) is 4.79 Å². The monoisotopic (exact) mass is 320 g/mol. The number of hydrogen-bond donors (Lipinski definition) is 1. The van der Waals surface area contributed by atoms with Gasteiger partial charge in [0.15, 0.2) is 5.78 Å². The molecule has 0 unspecified atom stereocenters. The highest BCUT2D eigenvalue weighted by molar-refractivity contribution is 6.03. The molecule has 0 atom stereocenters. The van der Waals surface area contributed by atoms with Gasteiger partial charge in [-0.15, -0.1) is 0 Å². The summed E-state index contributed by atoms with van der Waals surface area (Å²) in [6.07, 6.45) is 2.09. The quantitative estimate of drug-likeness (QED) is 0.783. The fourth-order valence-electron chi connectivity index (χ4n) is 3.78. The van der Waals surface area contributed by atoms with E-state index in [9.17, 15) is 9.90 Å². The van der Waals surface area contributed by atoms with Crippen molar-refractivity contribution < 1.29 is 9.90 Å². The normalized spacial score (nSPS) is 18.5. The first-order chi connectivity index (χ1) is 11.1. The molecule has 1 aliphatic carbocycles. The summed E-state index contributed by atoms with van der Waals surface area (Å²) >= 11 is 0. The summed E-state index contributed by atoms with van der Waals surface area (Å²) in [7, 11) is 0. The Morgan fingerprint density at radius 1 is 0.917 bits per heavy atom. The van der Waals surface area contributed by atoms with Crippen molar-refractivity contribution in [1.82, 2.24) is 0 Å². The Morgan fingerprint density at radius 3 is 2.12 bits per heavy atom. The highest BCUT2D eigenvalue weighted by atomic mass is 16.3. The van der Waals surface area contributed by atoms with E-state index in [0.717, 1.165) is 27.8 Å². The first kappa shape index (κ1) is 16.5. The standard InChI is InChI=1S/C22H24O2/c1-14(12-15-6-9-17(23)10-7-15)16-8-11-18-19(13-16)22(4,5)20(24)21(18,2)3/h6-13,23H,1-5H3/b14-12+. The lowest BCUT2D eigenvalue weighted by Crippen LogP contribution is -2.33. The van der Waals surface area contributed by atoms with E-state index < -0.39 is 10.8 Å². The molecule has 124 valence electrons. The van der Waals surface area contributed by atoms with Gasteiger partial charge in [0.1, 0.15) is 5.75 Å². The van der Waals surface area contributed by atoms with Crippen LogP contribution in [0.1, 0.15) is 56.9 Å². The molecule has 3 rings (SSSR count). The van der Waals surface area contributed by atoms with Crippen molar-refractivity contribution in [1.29, 1.82) is 0 Å². The number of rotatable bonds is 2. The number of fused-ring (bicyclic) bond motifs is 1. The average Bonchev–Trinajstić information content (AvgIpc) is 2.67. The number of ketones is 1. The van der Waals surface area contributed by atoms with E-state index in [-0.39, 0.29) is 11.5 Å². The summed E-state index contributed by atoms with van der Waals surface area (Å²) in [5.74, 6) is 0.548. The second kappa shape index (κ2) is 5.34. The lowest BCUT2D eigenvalue weighted by molar-refractivity contribution is -0.126. The number of carbonyl (C=O) groups is 1. The number of benzene rings is 2. The predicted octanol–water partition coefficient (Wildman–Crippen LogP) is 5.09. The largest absolute Gasteiger partial charge is 0.508 e. The zero-order valence-corrected chi connectivity index (χ0v) is 15.0. The van der Waals surface area contributed by atoms with Crippen LogP contribution in [-0.4, -0.2) is 10.9 Å². The molecule has 0 radical (unpaired) electrons. The summed E-state index contributed by atoms with van der Waals surface area (Å²) in [4.78, 5) is 12.8. The van der Waals surface area contributed by atoms with E-state index >= 15 is 0 Å². The van der Waals surface area contributed by atoms with Crippen LogP contribution in [-0.2, 0) is 15.6 Å². The SMILES string of the molecule is C/C(=C\c1ccc(O)cc1)c1ccc2c(c1)C(C)(C)C(=O)C2(C)C. The lowest BCUT2D eigenvalue weighted by Gasteiger charge is -2.21. The molecule has 1 N–H and O–H groups in total. The minimum Gasteiger partial charge on any atom is -0.508 e. The molecule has 1 aliphatic rings. The molecule has 0 aromatic heterocycles. The predicted molar refractivity (Wildman–Crippen MR) is 99.2 cm³/mol. The van der Waals surface area contributed by atoms with Crippen molar-refractivity contribution in [3.8, 4) is 5.75 Å². The Kier molecular flexibility index (Phi) is 3.67. The number of aromatic hydroxyl groups is 1. The summed E-state index contributed by atoms with van der Waals surface area (Å²) in [5.41, 5.74) is 4.70. The maximum Gasteiger partial charge on any atom is 0.152 e. The highest BCUT2D eigenvalue weighted by Gasteiger charge is 2.50. The van der Waals surface area contributed by atoms with E-state index in [4.69, 9.17) is 0 Å². The van der Waals surface area contributed by atoms with Crippen LogP contribution >= 0.6 is 0 Å². The molecule has 0 heterocycles. The van der Waals surface area contributed by atoms with E-state index in [1.54, 1.807) is 12.1 Å². The number of Topliss-reactive ketones (excluding diaryl/α,β-unsaturated/α-hetero) is 1. The van der Waals surface area contributed by atoms with Crippen LogP contribution in [0, 0.1) is 0 Å². The third-order valence-electron chi connectivity index (χ3n) is 5.23. The van der Waals surface area contributed by atoms with Gasteiger partial charge in [0, 0.05) is 10.8 Å². The first-order valence-corrected chi connectivity index (χ1v) is 8.31. The lowest BCUT2D eigenvalue weighted by atomic mass is 9.80. The molecule has 0 spiro atoms. The molecule has 2 nitrogen and oxygen atoms in total. The molecule has 0 saturated heterocycles. The average molecular weight is 320 g/mol. The number of phenols is 1. The Bertz CT molecular complexity index is 837. The molecule has 2 heteroatoms. The minimum atomic E-state index is -0.451. The zero-order chi connectivity index (χ0) is 17.7. The van der Waals surface area contributed by atoms with Crippen LogP contribution in [0.3, 0.4) is 0 Å².